The lowest BCUT2D eigenvalue weighted by Crippen LogP contribution is -2.21. The van der Waals surface area contributed by atoms with Crippen molar-refractivity contribution >= 4 is 34.7 Å². The van der Waals surface area contributed by atoms with Crippen LogP contribution >= 0.6 is 23.1 Å². The third-order valence-electron chi connectivity index (χ3n) is 4.85. The minimum absolute atomic E-state index is 0.137. The van der Waals surface area contributed by atoms with Crippen LogP contribution in [0.1, 0.15) is 11.8 Å². The molecular weight excluding hydrogens is 470 g/mol. The van der Waals surface area contributed by atoms with Crippen LogP contribution in [-0.2, 0) is 4.79 Å². The summed E-state index contributed by atoms with van der Waals surface area (Å²) < 4.78 is 12.7. The summed E-state index contributed by atoms with van der Waals surface area (Å²) >= 11 is 2.86. The van der Waals surface area contributed by atoms with Crippen LogP contribution in [0.5, 0.6) is 11.5 Å². The number of thiophene rings is 1. The zero-order chi connectivity index (χ0) is 23.9. The molecule has 0 saturated carbocycles. The standard InChI is InChI=1S/C24H23N5O3S2/c1-16(21-10-7-13-33-21)25-26-22(30)15-34-24-28-27-23(29(24)18-8-5-4-6-9-18)17-11-12-19(31-2)20(14-17)32-3/h4-14H,15H2,1-3H3,(H,26,30). The van der Waals surface area contributed by atoms with E-state index in [4.69, 9.17) is 9.47 Å². The van der Waals surface area contributed by atoms with Gasteiger partial charge in [-0.15, -0.1) is 21.5 Å². The molecule has 0 unspecified atom stereocenters. The third kappa shape index (κ3) is 5.29. The molecule has 0 aliphatic carbocycles. The van der Waals surface area contributed by atoms with Crippen molar-refractivity contribution in [2.24, 2.45) is 5.10 Å². The van der Waals surface area contributed by atoms with E-state index in [1.54, 1.807) is 25.6 Å². The first-order valence-corrected chi connectivity index (χ1v) is 12.2. The van der Waals surface area contributed by atoms with Crippen LogP contribution in [-0.4, -0.2) is 46.4 Å². The summed E-state index contributed by atoms with van der Waals surface area (Å²) in [5.74, 6) is 1.76. The molecule has 0 aliphatic rings. The van der Waals surface area contributed by atoms with E-state index in [0.717, 1.165) is 21.8 Å². The molecule has 1 N–H and O–H groups in total. The second kappa shape index (κ2) is 11.0. The lowest BCUT2D eigenvalue weighted by Gasteiger charge is -2.12. The fraction of sp³-hybridized carbons (Fsp3) is 0.167. The number of carbonyl (C=O) groups excluding carboxylic acids is 1. The van der Waals surface area contributed by atoms with Crippen molar-refractivity contribution in [3.63, 3.8) is 0 Å². The van der Waals surface area contributed by atoms with Gasteiger partial charge >= 0.3 is 0 Å². The molecule has 10 heteroatoms. The molecule has 1 amide bonds. The smallest absolute Gasteiger partial charge is 0.250 e. The van der Waals surface area contributed by atoms with Crippen LogP contribution < -0.4 is 14.9 Å². The molecule has 2 heterocycles. The molecule has 2 aromatic carbocycles. The van der Waals surface area contributed by atoms with Gasteiger partial charge in [-0.3, -0.25) is 9.36 Å². The Labute approximate surface area is 205 Å². The van der Waals surface area contributed by atoms with Crippen molar-refractivity contribution in [1.82, 2.24) is 20.2 Å². The number of ether oxygens (including phenoxy) is 2. The summed E-state index contributed by atoms with van der Waals surface area (Å²) in [6.07, 6.45) is 0. The Morgan fingerprint density at radius 1 is 1.06 bits per heavy atom. The number of nitrogens with one attached hydrogen (secondary N) is 1. The predicted octanol–water partition coefficient (Wildman–Crippen LogP) is 4.65. The lowest BCUT2D eigenvalue weighted by atomic mass is 10.2. The first kappa shape index (κ1) is 23.5. The summed E-state index contributed by atoms with van der Waals surface area (Å²) in [6, 6.07) is 19.2. The number of thioether (sulfide) groups is 1. The van der Waals surface area contributed by atoms with Gasteiger partial charge in [0.25, 0.3) is 5.91 Å². The SMILES string of the molecule is COc1ccc(-c2nnc(SCC(=O)NN=C(C)c3cccs3)n2-c2ccccc2)cc1OC. The number of benzene rings is 2. The van der Waals surface area contributed by atoms with E-state index in [1.165, 1.54) is 11.8 Å². The fourth-order valence-corrected chi connectivity index (χ4v) is 4.60. The van der Waals surface area contributed by atoms with Gasteiger partial charge in [-0.2, -0.15) is 5.10 Å². The number of hydrazone groups is 1. The van der Waals surface area contributed by atoms with Gasteiger partial charge in [0.05, 0.1) is 25.7 Å². The molecular formula is C24H23N5O3S2. The summed E-state index contributed by atoms with van der Waals surface area (Å²) in [6.45, 7) is 1.86. The first-order valence-electron chi connectivity index (χ1n) is 10.3. The van der Waals surface area contributed by atoms with Crippen molar-refractivity contribution in [2.75, 3.05) is 20.0 Å². The number of nitrogens with zero attached hydrogens (tertiary/aromatic N) is 4. The van der Waals surface area contributed by atoms with Gasteiger partial charge in [-0.25, -0.2) is 5.43 Å². The highest BCUT2D eigenvalue weighted by Crippen LogP contribution is 2.34. The Morgan fingerprint density at radius 3 is 2.56 bits per heavy atom. The van der Waals surface area contributed by atoms with Gasteiger partial charge < -0.3 is 9.47 Å². The molecule has 174 valence electrons. The Bertz CT molecular complexity index is 1290. The van der Waals surface area contributed by atoms with E-state index in [0.29, 0.717) is 22.5 Å². The Kier molecular flexibility index (Phi) is 7.61. The number of para-hydroxylation sites is 1. The van der Waals surface area contributed by atoms with Gasteiger partial charge in [0.1, 0.15) is 0 Å². The Morgan fingerprint density at radius 2 is 1.85 bits per heavy atom. The number of carbonyl (C=O) groups is 1. The normalized spacial score (nSPS) is 11.3. The molecule has 4 rings (SSSR count). The monoisotopic (exact) mass is 493 g/mol. The zero-order valence-corrected chi connectivity index (χ0v) is 20.5. The minimum atomic E-state index is -0.226. The molecule has 0 bridgehead atoms. The number of amides is 1. The zero-order valence-electron chi connectivity index (χ0n) is 18.9. The molecule has 0 atom stereocenters. The second-order valence-electron chi connectivity index (χ2n) is 7.05. The van der Waals surface area contributed by atoms with Crippen LogP contribution in [0.25, 0.3) is 17.1 Å². The quantitative estimate of drug-likeness (QED) is 0.207. The Hall–Kier alpha value is -3.63. The fourth-order valence-electron chi connectivity index (χ4n) is 3.18. The van der Waals surface area contributed by atoms with Crippen molar-refractivity contribution in [2.45, 2.75) is 12.1 Å². The summed E-state index contributed by atoms with van der Waals surface area (Å²) in [5, 5.41) is 15.5. The van der Waals surface area contributed by atoms with E-state index < -0.39 is 0 Å². The Balaban J connectivity index is 1.58. The first-order chi connectivity index (χ1) is 16.6. The van der Waals surface area contributed by atoms with Crippen molar-refractivity contribution in [1.29, 1.82) is 0 Å². The predicted molar refractivity (Wildman–Crippen MR) is 135 cm³/mol. The van der Waals surface area contributed by atoms with E-state index in [-0.39, 0.29) is 11.7 Å². The maximum atomic E-state index is 12.4. The summed E-state index contributed by atoms with van der Waals surface area (Å²) in [4.78, 5) is 13.5. The number of rotatable bonds is 9. The molecule has 0 saturated heterocycles. The average Bonchev–Trinajstić information content (AvgIpc) is 3.56. The largest absolute Gasteiger partial charge is 0.493 e. The second-order valence-corrected chi connectivity index (χ2v) is 8.94. The van der Waals surface area contributed by atoms with Crippen LogP contribution in [0.2, 0.25) is 0 Å². The highest BCUT2D eigenvalue weighted by molar-refractivity contribution is 7.99. The van der Waals surface area contributed by atoms with Crippen molar-refractivity contribution in [3.05, 3.63) is 70.9 Å². The maximum Gasteiger partial charge on any atom is 0.250 e. The van der Waals surface area contributed by atoms with Crippen molar-refractivity contribution in [3.8, 4) is 28.6 Å². The maximum absolute atomic E-state index is 12.4. The number of hydrogen-bond donors (Lipinski definition) is 1. The van der Waals surface area contributed by atoms with Crippen LogP contribution in [0.4, 0.5) is 0 Å². The van der Waals surface area contributed by atoms with Crippen LogP contribution in [0, 0.1) is 0 Å². The number of hydrogen-bond acceptors (Lipinski definition) is 8. The van der Waals surface area contributed by atoms with Gasteiger partial charge in [0.15, 0.2) is 22.5 Å². The molecule has 0 spiro atoms. The highest BCUT2D eigenvalue weighted by atomic mass is 32.2. The number of aromatic nitrogens is 3. The lowest BCUT2D eigenvalue weighted by molar-refractivity contribution is -0.118. The van der Waals surface area contributed by atoms with Gasteiger partial charge in [0.2, 0.25) is 0 Å². The highest BCUT2D eigenvalue weighted by Gasteiger charge is 2.18. The summed E-state index contributed by atoms with van der Waals surface area (Å²) in [5.41, 5.74) is 5.06. The van der Waals surface area contributed by atoms with Gasteiger partial charge in [-0.1, -0.05) is 36.0 Å². The van der Waals surface area contributed by atoms with Gasteiger partial charge in [0, 0.05) is 16.1 Å². The minimum Gasteiger partial charge on any atom is -0.493 e. The van der Waals surface area contributed by atoms with Crippen molar-refractivity contribution < 1.29 is 14.3 Å². The molecule has 0 aliphatic heterocycles. The molecule has 34 heavy (non-hydrogen) atoms. The topological polar surface area (TPSA) is 90.6 Å². The molecule has 0 fully saturated rings. The molecule has 8 nitrogen and oxygen atoms in total. The van der Waals surface area contributed by atoms with E-state index in [1.807, 2.05) is 77.5 Å². The van der Waals surface area contributed by atoms with Crippen LogP contribution in [0.15, 0.2) is 76.3 Å². The average molecular weight is 494 g/mol. The molecule has 0 radical (unpaired) electrons. The number of methoxy groups -OCH3 is 2. The van der Waals surface area contributed by atoms with E-state index in [2.05, 4.69) is 20.7 Å². The third-order valence-corrected chi connectivity index (χ3v) is 6.76. The molecule has 2 aromatic heterocycles. The van der Waals surface area contributed by atoms with E-state index >= 15 is 0 Å². The van der Waals surface area contributed by atoms with Gasteiger partial charge in [-0.05, 0) is 48.7 Å². The van der Waals surface area contributed by atoms with E-state index in [9.17, 15) is 4.79 Å². The summed E-state index contributed by atoms with van der Waals surface area (Å²) in [7, 11) is 3.18. The molecule has 4 aromatic rings. The van der Waals surface area contributed by atoms with Crippen LogP contribution in [0.3, 0.4) is 0 Å².